The average molecular weight is 373 g/mol. The molecule has 3 aromatic rings. The van der Waals surface area contributed by atoms with E-state index >= 15 is 0 Å². The SMILES string of the molecule is Cc1ccc(CN(c2cccc(F)c2)S(=O)(=O)c2ccc(F)cc2)cc1. The van der Waals surface area contributed by atoms with E-state index in [9.17, 15) is 17.2 Å². The number of hydrogen-bond acceptors (Lipinski definition) is 2. The number of rotatable bonds is 5. The first-order valence-corrected chi connectivity index (χ1v) is 9.40. The lowest BCUT2D eigenvalue weighted by atomic mass is 10.1. The average Bonchev–Trinajstić information content (AvgIpc) is 2.61. The molecule has 0 aromatic heterocycles. The van der Waals surface area contributed by atoms with Crippen molar-refractivity contribution in [2.24, 2.45) is 0 Å². The van der Waals surface area contributed by atoms with Gasteiger partial charge < -0.3 is 0 Å². The van der Waals surface area contributed by atoms with E-state index in [1.807, 2.05) is 31.2 Å². The Morgan fingerprint density at radius 1 is 0.846 bits per heavy atom. The smallest absolute Gasteiger partial charge is 0.262 e. The maximum atomic E-state index is 13.7. The van der Waals surface area contributed by atoms with Gasteiger partial charge in [0.05, 0.1) is 17.1 Å². The quantitative estimate of drug-likeness (QED) is 0.652. The molecular formula is C20H17F2NO2S. The first-order valence-electron chi connectivity index (χ1n) is 7.96. The fraction of sp³-hybridized carbons (Fsp3) is 0.100. The highest BCUT2D eigenvalue weighted by molar-refractivity contribution is 7.92. The van der Waals surface area contributed by atoms with E-state index in [1.54, 1.807) is 0 Å². The molecule has 0 aliphatic rings. The zero-order chi connectivity index (χ0) is 18.7. The topological polar surface area (TPSA) is 37.4 Å². The van der Waals surface area contributed by atoms with Crippen LogP contribution in [0.15, 0.2) is 77.7 Å². The minimum absolute atomic E-state index is 0.0312. The molecule has 0 saturated heterocycles. The van der Waals surface area contributed by atoms with Gasteiger partial charge in [0.25, 0.3) is 10.0 Å². The van der Waals surface area contributed by atoms with Crippen LogP contribution in [-0.2, 0) is 16.6 Å². The second-order valence-electron chi connectivity index (χ2n) is 5.93. The molecule has 0 atom stereocenters. The second kappa shape index (κ2) is 7.25. The molecule has 0 bridgehead atoms. The Labute approximate surface area is 151 Å². The van der Waals surface area contributed by atoms with Gasteiger partial charge in [-0.1, -0.05) is 35.9 Å². The maximum absolute atomic E-state index is 13.7. The number of aryl methyl sites for hydroxylation is 1. The van der Waals surface area contributed by atoms with Crippen LogP contribution in [0.25, 0.3) is 0 Å². The van der Waals surface area contributed by atoms with Crippen LogP contribution in [0, 0.1) is 18.6 Å². The monoisotopic (exact) mass is 373 g/mol. The number of hydrogen-bond donors (Lipinski definition) is 0. The standard InChI is InChI=1S/C20H17F2NO2S/c1-15-5-7-16(8-6-15)14-23(19-4-2-3-18(22)13-19)26(24,25)20-11-9-17(21)10-12-20/h2-13H,14H2,1H3. The summed E-state index contributed by atoms with van der Waals surface area (Å²) in [6, 6.07) is 17.4. The van der Waals surface area contributed by atoms with Gasteiger partial charge in [-0.25, -0.2) is 17.2 Å². The molecule has 3 nitrogen and oxygen atoms in total. The van der Waals surface area contributed by atoms with Crippen molar-refractivity contribution in [3.8, 4) is 0 Å². The largest absolute Gasteiger partial charge is 0.264 e. The van der Waals surface area contributed by atoms with Crippen LogP contribution >= 0.6 is 0 Å². The fourth-order valence-electron chi connectivity index (χ4n) is 2.54. The zero-order valence-corrected chi connectivity index (χ0v) is 14.9. The molecule has 134 valence electrons. The Hall–Kier alpha value is -2.73. The van der Waals surface area contributed by atoms with Gasteiger partial charge in [0.15, 0.2) is 0 Å². The molecule has 26 heavy (non-hydrogen) atoms. The molecular weight excluding hydrogens is 356 g/mol. The van der Waals surface area contributed by atoms with E-state index in [1.165, 1.54) is 30.3 Å². The van der Waals surface area contributed by atoms with Crippen molar-refractivity contribution in [3.63, 3.8) is 0 Å². The highest BCUT2D eigenvalue weighted by Gasteiger charge is 2.25. The Morgan fingerprint density at radius 2 is 1.50 bits per heavy atom. The van der Waals surface area contributed by atoms with Gasteiger partial charge in [-0.3, -0.25) is 4.31 Å². The number of anilines is 1. The lowest BCUT2D eigenvalue weighted by Crippen LogP contribution is -2.30. The number of halogens is 2. The summed E-state index contributed by atoms with van der Waals surface area (Å²) in [5.74, 6) is -1.06. The summed E-state index contributed by atoms with van der Waals surface area (Å²) < 4.78 is 54.2. The molecule has 6 heteroatoms. The van der Waals surface area contributed by atoms with Gasteiger partial charge in [0.2, 0.25) is 0 Å². The molecule has 0 aliphatic heterocycles. The van der Waals surface area contributed by atoms with Crippen LogP contribution in [0.4, 0.5) is 14.5 Å². The Bertz CT molecular complexity index is 1000. The summed E-state index contributed by atoms with van der Waals surface area (Å²) in [5, 5.41) is 0. The summed E-state index contributed by atoms with van der Waals surface area (Å²) in [6.45, 7) is 1.97. The Kier molecular flexibility index (Phi) is 5.04. The first-order chi connectivity index (χ1) is 12.4. The van der Waals surface area contributed by atoms with Gasteiger partial charge in [0, 0.05) is 0 Å². The van der Waals surface area contributed by atoms with E-state index in [0.29, 0.717) is 0 Å². The van der Waals surface area contributed by atoms with E-state index in [0.717, 1.165) is 33.6 Å². The molecule has 3 rings (SSSR count). The van der Waals surface area contributed by atoms with Crippen molar-refractivity contribution in [3.05, 3.63) is 95.6 Å². The van der Waals surface area contributed by atoms with Gasteiger partial charge >= 0.3 is 0 Å². The van der Waals surface area contributed by atoms with Crippen LogP contribution in [0.2, 0.25) is 0 Å². The Balaban J connectivity index is 2.07. The molecule has 0 fully saturated rings. The van der Waals surface area contributed by atoms with Crippen LogP contribution < -0.4 is 4.31 Å². The minimum Gasteiger partial charge on any atom is -0.262 e. The van der Waals surface area contributed by atoms with Crippen LogP contribution in [0.3, 0.4) is 0 Å². The third-order valence-electron chi connectivity index (χ3n) is 3.94. The molecule has 0 heterocycles. The van der Waals surface area contributed by atoms with E-state index in [4.69, 9.17) is 0 Å². The van der Waals surface area contributed by atoms with Crippen LogP contribution in [0.1, 0.15) is 11.1 Å². The zero-order valence-electron chi connectivity index (χ0n) is 14.1. The van der Waals surface area contributed by atoms with Crippen molar-refractivity contribution in [1.29, 1.82) is 0 Å². The number of nitrogens with zero attached hydrogens (tertiary/aromatic N) is 1. The Morgan fingerprint density at radius 3 is 2.12 bits per heavy atom. The number of sulfonamides is 1. The third-order valence-corrected chi connectivity index (χ3v) is 5.73. The summed E-state index contributed by atoms with van der Waals surface area (Å²) in [4.78, 5) is -0.0599. The normalized spacial score (nSPS) is 11.3. The predicted molar refractivity (Wildman–Crippen MR) is 97.3 cm³/mol. The summed E-state index contributed by atoms with van der Waals surface area (Å²) in [7, 11) is -4.00. The lowest BCUT2D eigenvalue weighted by Gasteiger charge is -2.25. The fourth-order valence-corrected chi connectivity index (χ4v) is 3.98. The van der Waals surface area contributed by atoms with Gasteiger partial charge in [0.1, 0.15) is 11.6 Å². The molecule has 0 spiro atoms. The number of benzene rings is 3. The highest BCUT2D eigenvalue weighted by atomic mass is 32.2. The maximum Gasteiger partial charge on any atom is 0.264 e. The van der Waals surface area contributed by atoms with Crippen molar-refractivity contribution in [2.45, 2.75) is 18.4 Å². The molecule has 0 amide bonds. The lowest BCUT2D eigenvalue weighted by molar-refractivity contribution is 0.588. The third kappa shape index (κ3) is 3.91. The molecule has 0 aliphatic carbocycles. The second-order valence-corrected chi connectivity index (χ2v) is 7.79. The van der Waals surface area contributed by atoms with Crippen LogP contribution in [-0.4, -0.2) is 8.42 Å². The van der Waals surface area contributed by atoms with Gasteiger partial charge in [-0.15, -0.1) is 0 Å². The van der Waals surface area contributed by atoms with Gasteiger partial charge in [-0.2, -0.15) is 0 Å². The van der Waals surface area contributed by atoms with Crippen molar-refractivity contribution in [2.75, 3.05) is 4.31 Å². The summed E-state index contributed by atoms with van der Waals surface area (Å²) >= 11 is 0. The van der Waals surface area contributed by atoms with Crippen LogP contribution in [0.5, 0.6) is 0 Å². The molecule has 0 radical (unpaired) electrons. The van der Waals surface area contributed by atoms with E-state index < -0.39 is 21.7 Å². The first kappa shape index (κ1) is 18.1. The minimum atomic E-state index is -4.00. The summed E-state index contributed by atoms with van der Waals surface area (Å²) in [6.07, 6.45) is 0. The molecule has 0 saturated carbocycles. The summed E-state index contributed by atoms with van der Waals surface area (Å²) in [5.41, 5.74) is 2.01. The predicted octanol–water partition coefficient (Wildman–Crippen LogP) is 4.67. The highest BCUT2D eigenvalue weighted by Crippen LogP contribution is 2.26. The van der Waals surface area contributed by atoms with Crippen molar-refractivity contribution >= 4 is 15.7 Å². The molecule has 0 N–H and O–H groups in total. The molecule has 3 aromatic carbocycles. The van der Waals surface area contributed by atoms with E-state index in [2.05, 4.69) is 0 Å². The molecule has 0 unspecified atom stereocenters. The van der Waals surface area contributed by atoms with Gasteiger partial charge in [-0.05, 0) is 55.0 Å². The van der Waals surface area contributed by atoms with Crippen molar-refractivity contribution in [1.82, 2.24) is 0 Å². The van der Waals surface area contributed by atoms with Crippen molar-refractivity contribution < 1.29 is 17.2 Å². The van der Waals surface area contributed by atoms with E-state index in [-0.39, 0.29) is 17.1 Å².